The van der Waals surface area contributed by atoms with Crippen LogP contribution in [0, 0.1) is 6.92 Å². The van der Waals surface area contributed by atoms with E-state index in [1.807, 2.05) is 6.92 Å². The van der Waals surface area contributed by atoms with Gasteiger partial charge in [0, 0.05) is 33.2 Å². The molecule has 0 radical (unpaired) electrons. The molecule has 2 rings (SSSR count). The number of thiazole rings is 1. The predicted molar refractivity (Wildman–Crippen MR) is 88.6 cm³/mol. The Balaban J connectivity index is 1.71. The number of rotatable bonds is 6. The van der Waals surface area contributed by atoms with Crippen LogP contribution in [0.1, 0.15) is 33.9 Å². The van der Waals surface area contributed by atoms with Crippen molar-refractivity contribution in [3.05, 3.63) is 49.9 Å². The van der Waals surface area contributed by atoms with Crippen LogP contribution in [0.25, 0.3) is 0 Å². The highest BCUT2D eigenvalue weighted by molar-refractivity contribution is 7.09. The SMILES string of the molecule is Cc1csc(CCCCNC(=O)c2cc(Cl)cc(Cl)c2)n1. The van der Waals surface area contributed by atoms with Crippen LogP contribution in [0.3, 0.4) is 0 Å². The van der Waals surface area contributed by atoms with Crippen molar-refractivity contribution in [2.24, 2.45) is 0 Å². The molecule has 0 aliphatic carbocycles. The zero-order chi connectivity index (χ0) is 15.2. The molecular formula is C15H16Cl2N2OS. The Kier molecular flexibility index (Phi) is 6.03. The predicted octanol–water partition coefficient (Wildman–Crippen LogP) is 4.51. The molecule has 1 aromatic carbocycles. The third kappa shape index (κ3) is 5.30. The van der Waals surface area contributed by atoms with Crippen LogP contribution in [-0.2, 0) is 6.42 Å². The third-order valence-electron chi connectivity index (χ3n) is 2.89. The minimum absolute atomic E-state index is 0.149. The lowest BCUT2D eigenvalue weighted by atomic mass is 10.2. The molecule has 1 heterocycles. The zero-order valence-electron chi connectivity index (χ0n) is 11.7. The Morgan fingerprint density at radius 1 is 1.24 bits per heavy atom. The number of hydrogen-bond donors (Lipinski definition) is 1. The molecule has 3 nitrogen and oxygen atoms in total. The van der Waals surface area contributed by atoms with Crippen LogP contribution in [0.2, 0.25) is 10.0 Å². The number of hydrogen-bond acceptors (Lipinski definition) is 3. The summed E-state index contributed by atoms with van der Waals surface area (Å²) in [7, 11) is 0. The van der Waals surface area contributed by atoms with Crippen LogP contribution in [0.4, 0.5) is 0 Å². The first kappa shape index (κ1) is 16.3. The molecule has 0 aliphatic rings. The van der Waals surface area contributed by atoms with Crippen molar-refractivity contribution in [1.82, 2.24) is 10.3 Å². The first-order valence-corrected chi connectivity index (χ1v) is 8.33. The highest BCUT2D eigenvalue weighted by Crippen LogP contribution is 2.19. The van der Waals surface area contributed by atoms with Gasteiger partial charge in [0.25, 0.3) is 5.91 Å². The zero-order valence-corrected chi connectivity index (χ0v) is 14.0. The molecule has 0 spiro atoms. The van der Waals surface area contributed by atoms with E-state index >= 15 is 0 Å². The summed E-state index contributed by atoms with van der Waals surface area (Å²) in [6.07, 6.45) is 2.87. The van der Waals surface area contributed by atoms with Gasteiger partial charge in [0.1, 0.15) is 0 Å². The van der Waals surface area contributed by atoms with E-state index in [1.165, 1.54) is 0 Å². The maximum Gasteiger partial charge on any atom is 0.251 e. The highest BCUT2D eigenvalue weighted by Gasteiger charge is 2.07. The Morgan fingerprint density at radius 3 is 2.57 bits per heavy atom. The second-order valence-corrected chi connectivity index (χ2v) is 6.57. The van der Waals surface area contributed by atoms with Crippen LogP contribution in [0.15, 0.2) is 23.6 Å². The topological polar surface area (TPSA) is 42.0 Å². The largest absolute Gasteiger partial charge is 0.352 e. The molecule has 0 aliphatic heterocycles. The Morgan fingerprint density at radius 2 is 1.95 bits per heavy atom. The molecule has 0 bridgehead atoms. The molecule has 0 unspecified atom stereocenters. The Hall–Kier alpha value is -1.10. The summed E-state index contributed by atoms with van der Waals surface area (Å²) >= 11 is 13.4. The van der Waals surface area contributed by atoms with Crippen molar-refractivity contribution >= 4 is 40.4 Å². The van der Waals surface area contributed by atoms with Crippen LogP contribution in [0.5, 0.6) is 0 Å². The van der Waals surface area contributed by atoms with Gasteiger partial charge < -0.3 is 5.32 Å². The Bertz CT molecular complexity index is 608. The van der Waals surface area contributed by atoms with E-state index in [2.05, 4.69) is 15.7 Å². The third-order valence-corrected chi connectivity index (χ3v) is 4.36. The molecule has 0 saturated heterocycles. The number of nitrogens with zero attached hydrogens (tertiary/aromatic N) is 1. The molecule has 1 aromatic heterocycles. The molecule has 6 heteroatoms. The fourth-order valence-corrected chi connectivity index (χ4v) is 3.25. The van der Waals surface area contributed by atoms with E-state index < -0.39 is 0 Å². The lowest BCUT2D eigenvalue weighted by Crippen LogP contribution is -2.24. The van der Waals surface area contributed by atoms with Crippen molar-refractivity contribution in [2.45, 2.75) is 26.2 Å². The van der Waals surface area contributed by atoms with Crippen molar-refractivity contribution in [2.75, 3.05) is 6.54 Å². The molecule has 1 amide bonds. The molecule has 21 heavy (non-hydrogen) atoms. The number of aryl methyl sites for hydroxylation is 2. The van der Waals surface area contributed by atoms with Crippen LogP contribution < -0.4 is 5.32 Å². The van der Waals surface area contributed by atoms with Crippen molar-refractivity contribution in [1.29, 1.82) is 0 Å². The number of unbranched alkanes of at least 4 members (excludes halogenated alkanes) is 1. The van der Waals surface area contributed by atoms with Gasteiger partial charge in [0.05, 0.1) is 5.01 Å². The van der Waals surface area contributed by atoms with Crippen molar-refractivity contribution < 1.29 is 4.79 Å². The van der Waals surface area contributed by atoms with Gasteiger partial charge in [-0.2, -0.15) is 0 Å². The summed E-state index contributed by atoms with van der Waals surface area (Å²) < 4.78 is 0. The van der Waals surface area contributed by atoms with Gasteiger partial charge in [-0.25, -0.2) is 4.98 Å². The molecule has 0 atom stereocenters. The quantitative estimate of drug-likeness (QED) is 0.784. The van der Waals surface area contributed by atoms with Gasteiger partial charge in [-0.15, -0.1) is 11.3 Å². The highest BCUT2D eigenvalue weighted by atomic mass is 35.5. The molecular weight excluding hydrogens is 327 g/mol. The lowest BCUT2D eigenvalue weighted by molar-refractivity contribution is 0.0953. The van der Waals surface area contributed by atoms with Crippen LogP contribution in [-0.4, -0.2) is 17.4 Å². The number of halogens is 2. The van der Waals surface area contributed by atoms with E-state index in [0.29, 0.717) is 22.2 Å². The summed E-state index contributed by atoms with van der Waals surface area (Å²) in [5, 5.41) is 7.01. The smallest absolute Gasteiger partial charge is 0.251 e. The normalized spacial score (nSPS) is 10.6. The number of aromatic nitrogens is 1. The van der Waals surface area contributed by atoms with Crippen molar-refractivity contribution in [3.63, 3.8) is 0 Å². The Labute approximate surface area is 138 Å². The standard InChI is InChI=1S/C15H16Cl2N2OS/c1-10-9-21-14(19-10)4-2-3-5-18-15(20)11-6-12(16)8-13(17)7-11/h6-9H,2-5H2,1H3,(H,18,20). The number of carbonyl (C=O) groups excluding carboxylic acids is 1. The van der Waals surface area contributed by atoms with E-state index in [4.69, 9.17) is 23.2 Å². The van der Waals surface area contributed by atoms with Gasteiger partial charge >= 0.3 is 0 Å². The lowest BCUT2D eigenvalue weighted by Gasteiger charge is -2.06. The number of nitrogens with one attached hydrogen (secondary N) is 1. The molecule has 112 valence electrons. The summed E-state index contributed by atoms with van der Waals surface area (Å²) in [4.78, 5) is 16.4. The summed E-state index contributed by atoms with van der Waals surface area (Å²) in [6.45, 7) is 2.63. The fourth-order valence-electron chi connectivity index (χ4n) is 1.91. The van der Waals surface area contributed by atoms with Gasteiger partial charge in [0.2, 0.25) is 0 Å². The van der Waals surface area contributed by atoms with Gasteiger partial charge in [-0.3, -0.25) is 4.79 Å². The van der Waals surface area contributed by atoms with E-state index in [9.17, 15) is 4.79 Å². The first-order valence-electron chi connectivity index (χ1n) is 6.70. The van der Waals surface area contributed by atoms with Gasteiger partial charge in [-0.1, -0.05) is 23.2 Å². The maximum absolute atomic E-state index is 11.9. The van der Waals surface area contributed by atoms with Gasteiger partial charge in [-0.05, 0) is 44.4 Å². The van der Waals surface area contributed by atoms with Crippen LogP contribution >= 0.6 is 34.5 Å². The summed E-state index contributed by atoms with van der Waals surface area (Å²) in [5.74, 6) is -0.149. The minimum Gasteiger partial charge on any atom is -0.352 e. The molecule has 2 aromatic rings. The maximum atomic E-state index is 11.9. The minimum atomic E-state index is -0.149. The second kappa shape index (κ2) is 7.78. The number of carbonyl (C=O) groups is 1. The molecule has 0 fully saturated rings. The second-order valence-electron chi connectivity index (χ2n) is 4.75. The van der Waals surface area contributed by atoms with Crippen molar-refractivity contribution in [3.8, 4) is 0 Å². The number of benzene rings is 1. The summed E-state index contributed by atoms with van der Waals surface area (Å²) in [5.41, 5.74) is 1.56. The average Bonchev–Trinajstić information content (AvgIpc) is 2.82. The van der Waals surface area contributed by atoms with E-state index in [-0.39, 0.29) is 5.91 Å². The number of amides is 1. The van der Waals surface area contributed by atoms with E-state index in [1.54, 1.807) is 29.5 Å². The van der Waals surface area contributed by atoms with E-state index in [0.717, 1.165) is 30.0 Å². The van der Waals surface area contributed by atoms with Gasteiger partial charge in [0.15, 0.2) is 0 Å². The summed E-state index contributed by atoms with van der Waals surface area (Å²) in [6, 6.07) is 4.83. The fraction of sp³-hybridized carbons (Fsp3) is 0.333. The monoisotopic (exact) mass is 342 g/mol. The molecule has 0 saturated carbocycles. The molecule has 1 N–H and O–H groups in total. The first-order chi connectivity index (χ1) is 10.0. The average molecular weight is 343 g/mol.